The molecule has 188 valence electrons. The number of carbonyl (C=O) groups is 3. The summed E-state index contributed by atoms with van der Waals surface area (Å²) in [5.74, 6) is -0.745. The van der Waals surface area contributed by atoms with Crippen molar-refractivity contribution in [3.8, 4) is 0 Å². The molecule has 2 amide bonds. The number of cyclic esters (lactones) is 1. The first-order valence-electron chi connectivity index (χ1n) is 11.7. The number of amides is 2. The highest BCUT2D eigenvalue weighted by atomic mass is 19.1. The maximum Gasteiger partial charge on any atom is 0.414 e. The monoisotopic (exact) mass is 478 g/mol. The van der Waals surface area contributed by atoms with Crippen molar-refractivity contribution >= 4 is 23.7 Å². The summed E-state index contributed by atoms with van der Waals surface area (Å²) < 4.78 is 25.5. The second-order valence-corrected chi connectivity index (χ2v) is 9.94. The fourth-order valence-electron chi connectivity index (χ4n) is 4.05. The van der Waals surface area contributed by atoms with Gasteiger partial charge in [0.1, 0.15) is 29.3 Å². The molecule has 3 N–H and O–H groups in total. The number of rotatable bonds is 6. The van der Waals surface area contributed by atoms with Gasteiger partial charge in [-0.05, 0) is 52.7 Å². The predicted molar refractivity (Wildman–Crippen MR) is 125 cm³/mol. The second kappa shape index (κ2) is 10.7. The minimum atomic E-state index is -0.915. The zero-order valence-corrected chi connectivity index (χ0v) is 20.3. The summed E-state index contributed by atoms with van der Waals surface area (Å²) in [4.78, 5) is 39.2. The maximum atomic E-state index is 14.9. The van der Waals surface area contributed by atoms with Gasteiger partial charge in [0.2, 0.25) is 0 Å². The SMILES string of the molecule is CC(=O)[C@@H](N)C1CN(c2ccc(CNC3CCCCN(C(=O)OC(C)(C)C)C3)c(F)c2)C(=O)O1. The van der Waals surface area contributed by atoms with Crippen molar-refractivity contribution in [1.82, 2.24) is 10.2 Å². The summed E-state index contributed by atoms with van der Waals surface area (Å²) in [7, 11) is 0. The van der Waals surface area contributed by atoms with Crippen LogP contribution in [-0.2, 0) is 20.8 Å². The Morgan fingerprint density at radius 3 is 2.68 bits per heavy atom. The molecule has 2 heterocycles. The molecule has 10 heteroatoms. The molecule has 34 heavy (non-hydrogen) atoms. The molecule has 0 aromatic heterocycles. The highest BCUT2D eigenvalue weighted by Crippen LogP contribution is 2.25. The molecule has 2 fully saturated rings. The fraction of sp³-hybridized carbons (Fsp3) is 0.625. The first kappa shape index (κ1) is 25.9. The zero-order chi connectivity index (χ0) is 25.0. The Morgan fingerprint density at radius 2 is 2.03 bits per heavy atom. The van der Waals surface area contributed by atoms with Gasteiger partial charge in [-0.2, -0.15) is 0 Å². The second-order valence-electron chi connectivity index (χ2n) is 9.94. The molecular weight excluding hydrogens is 443 g/mol. The van der Waals surface area contributed by atoms with Gasteiger partial charge in [0.15, 0.2) is 0 Å². The number of halogens is 1. The number of hydrogen-bond acceptors (Lipinski definition) is 7. The molecular formula is C24H35FN4O5. The highest BCUT2D eigenvalue weighted by molar-refractivity contribution is 5.91. The third-order valence-electron chi connectivity index (χ3n) is 5.96. The van der Waals surface area contributed by atoms with Crippen molar-refractivity contribution < 1.29 is 28.2 Å². The van der Waals surface area contributed by atoms with Gasteiger partial charge < -0.3 is 25.4 Å². The van der Waals surface area contributed by atoms with Crippen molar-refractivity contribution in [2.75, 3.05) is 24.5 Å². The standard InChI is InChI=1S/C24H35FN4O5/c1-15(30)21(26)20-14-29(23(32)33-20)18-9-8-16(19(25)11-18)12-27-17-7-5-6-10-28(13-17)22(31)34-24(2,3)4/h8-9,11,17,20-21,27H,5-7,10,12-14,26H2,1-4H3/t17?,20?,21-/m1/s1. The Balaban J connectivity index is 1.60. The average molecular weight is 479 g/mol. The van der Waals surface area contributed by atoms with E-state index < -0.39 is 29.7 Å². The van der Waals surface area contributed by atoms with E-state index in [1.165, 1.54) is 17.9 Å². The van der Waals surface area contributed by atoms with Gasteiger partial charge in [0.05, 0.1) is 12.2 Å². The lowest BCUT2D eigenvalue weighted by Gasteiger charge is -2.28. The molecule has 0 saturated carbocycles. The summed E-state index contributed by atoms with van der Waals surface area (Å²) in [6.07, 6.45) is 0.957. The summed E-state index contributed by atoms with van der Waals surface area (Å²) in [6, 6.07) is 3.63. The molecule has 2 unspecified atom stereocenters. The molecule has 3 atom stereocenters. The number of nitrogens with two attached hydrogens (primary N) is 1. The van der Waals surface area contributed by atoms with E-state index in [-0.39, 0.29) is 31.0 Å². The van der Waals surface area contributed by atoms with Crippen LogP contribution >= 0.6 is 0 Å². The summed E-state index contributed by atoms with van der Waals surface area (Å²) in [5.41, 5.74) is 6.02. The molecule has 2 saturated heterocycles. The van der Waals surface area contributed by atoms with Crippen LogP contribution in [0.4, 0.5) is 19.7 Å². The van der Waals surface area contributed by atoms with Crippen molar-refractivity contribution in [3.05, 3.63) is 29.6 Å². The van der Waals surface area contributed by atoms with E-state index in [0.29, 0.717) is 24.3 Å². The van der Waals surface area contributed by atoms with Gasteiger partial charge in [-0.25, -0.2) is 14.0 Å². The highest BCUT2D eigenvalue weighted by Gasteiger charge is 2.38. The minimum Gasteiger partial charge on any atom is -0.444 e. The van der Waals surface area contributed by atoms with Gasteiger partial charge in [-0.15, -0.1) is 0 Å². The summed E-state index contributed by atoms with van der Waals surface area (Å²) in [5, 5.41) is 3.35. The Bertz CT molecular complexity index is 919. The number of ketones is 1. The molecule has 0 radical (unpaired) electrons. The number of Topliss-reactive ketones (excluding diaryl/α,β-unsaturated/α-hetero) is 1. The van der Waals surface area contributed by atoms with Gasteiger partial charge in [0, 0.05) is 31.2 Å². The Morgan fingerprint density at radius 1 is 1.29 bits per heavy atom. The molecule has 0 aliphatic carbocycles. The number of ether oxygens (including phenoxy) is 2. The van der Waals surface area contributed by atoms with Crippen molar-refractivity contribution in [2.45, 2.75) is 77.3 Å². The lowest BCUT2D eigenvalue weighted by Crippen LogP contribution is -2.44. The Kier molecular flexibility index (Phi) is 8.14. The van der Waals surface area contributed by atoms with Crippen molar-refractivity contribution in [2.24, 2.45) is 5.73 Å². The van der Waals surface area contributed by atoms with Crippen LogP contribution in [0, 0.1) is 5.82 Å². The molecule has 3 rings (SSSR count). The number of benzene rings is 1. The largest absolute Gasteiger partial charge is 0.444 e. The quantitative estimate of drug-likeness (QED) is 0.646. The average Bonchev–Trinajstić information content (AvgIpc) is 2.97. The van der Waals surface area contributed by atoms with E-state index in [2.05, 4.69) is 5.32 Å². The smallest absolute Gasteiger partial charge is 0.414 e. The normalized spacial score (nSPS) is 22.2. The van der Waals surface area contributed by atoms with Crippen LogP contribution in [0.3, 0.4) is 0 Å². The summed E-state index contributed by atoms with van der Waals surface area (Å²) in [6.45, 7) is 8.34. The minimum absolute atomic E-state index is 0.0106. The third kappa shape index (κ3) is 6.66. The Labute approximate surface area is 199 Å². The van der Waals surface area contributed by atoms with E-state index in [1.54, 1.807) is 17.0 Å². The van der Waals surface area contributed by atoms with Crippen LogP contribution in [0.5, 0.6) is 0 Å². The van der Waals surface area contributed by atoms with Crippen LogP contribution in [0.2, 0.25) is 0 Å². The molecule has 1 aromatic carbocycles. The lowest BCUT2D eigenvalue weighted by molar-refractivity contribution is -0.120. The van der Waals surface area contributed by atoms with Gasteiger partial charge in [-0.1, -0.05) is 12.5 Å². The van der Waals surface area contributed by atoms with Crippen LogP contribution < -0.4 is 16.0 Å². The molecule has 2 aliphatic rings. The number of nitrogens with zero attached hydrogens (tertiary/aromatic N) is 2. The molecule has 1 aromatic rings. The number of likely N-dealkylation sites (tertiary alicyclic amines) is 1. The predicted octanol–water partition coefficient (Wildman–Crippen LogP) is 2.95. The van der Waals surface area contributed by atoms with Gasteiger partial charge >= 0.3 is 12.2 Å². The first-order chi connectivity index (χ1) is 15.9. The van der Waals surface area contributed by atoms with E-state index in [4.69, 9.17) is 15.2 Å². The Hall–Kier alpha value is -2.72. The summed E-state index contributed by atoms with van der Waals surface area (Å²) >= 11 is 0. The van der Waals surface area contributed by atoms with Crippen LogP contribution in [-0.4, -0.2) is 66.3 Å². The first-order valence-corrected chi connectivity index (χ1v) is 11.7. The van der Waals surface area contributed by atoms with E-state index in [9.17, 15) is 18.8 Å². The number of hydrogen-bond donors (Lipinski definition) is 2. The fourth-order valence-corrected chi connectivity index (χ4v) is 4.05. The van der Waals surface area contributed by atoms with Crippen molar-refractivity contribution in [3.63, 3.8) is 0 Å². The maximum absolute atomic E-state index is 14.9. The van der Waals surface area contributed by atoms with E-state index in [0.717, 1.165) is 19.3 Å². The zero-order valence-electron chi connectivity index (χ0n) is 20.3. The van der Waals surface area contributed by atoms with Crippen LogP contribution in [0.25, 0.3) is 0 Å². The number of anilines is 1. The van der Waals surface area contributed by atoms with Crippen LogP contribution in [0.1, 0.15) is 52.5 Å². The lowest BCUT2D eigenvalue weighted by atomic mass is 10.1. The molecule has 2 aliphatic heterocycles. The van der Waals surface area contributed by atoms with E-state index in [1.807, 2.05) is 20.8 Å². The van der Waals surface area contributed by atoms with Crippen LogP contribution in [0.15, 0.2) is 18.2 Å². The molecule has 0 spiro atoms. The number of nitrogens with one attached hydrogen (secondary N) is 1. The van der Waals surface area contributed by atoms with Crippen molar-refractivity contribution in [1.29, 1.82) is 0 Å². The molecule has 9 nitrogen and oxygen atoms in total. The third-order valence-corrected chi connectivity index (χ3v) is 5.96. The topological polar surface area (TPSA) is 114 Å². The van der Waals surface area contributed by atoms with Gasteiger partial charge in [0.25, 0.3) is 0 Å². The molecule has 0 bridgehead atoms. The number of carbonyl (C=O) groups excluding carboxylic acids is 3. The van der Waals surface area contributed by atoms with Gasteiger partial charge in [-0.3, -0.25) is 9.69 Å². The van der Waals surface area contributed by atoms with E-state index >= 15 is 0 Å².